The average molecular weight is 286 g/mol. The highest BCUT2D eigenvalue weighted by atomic mass is 16.3. The van der Waals surface area contributed by atoms with Crippen LogP contribution in [-0.2, 0) is 0 Å². The molecule has 0 amide bonds. The number of nitrogens with zero attached hydrogens (tertiary/aromatic N) is 2. The van der Waals surface area contributed by atoms with Crippen LogP contribution in [0.25, 0.3) is 11.4 Å². The first-order valence-electron chi connectivity index (χ1n) is 7.05. The average Bonchev–Trinajstić information content (AvgIpc) is 2.46. The van der Waals surface area contributed by atoms with E-state index in [1.165, 1.54) is 0 Å². The maximum Gasteiger partial charge on any atom is 0.163 e. The smallest absolute Gasteiger partial charge is 0.163 e. The quantitative estimate of drug-likeness (QED) is 0.760. The number of aliphatic hydroxyl groups is 1. The van der Waals surface area contributed by atoms with Crippen molar-refractivity contribution in [2.24, 2.45) is 5.41 Å². The fourth-order valence-corrected chi connectivity index (χ4v) is 1.99. The van der Waals surface area contributed by atoms with E-state index < -0.39 is 0 Å². The Bertz CT molecular complexity index is 584. The number of hydrogen-bond acceptors (Lipinski definition) is 5. The molecule has 0 radical (unpaired) electrons. The number of rotatable bonds is 6. The Morgan fingerprint density at radius 3 is 2.57 bits per heavy atom. The molecule has 0 saturated heterocycles. The van der Waals surface area contributed by atoms with Gasteiger partial charge in [-0.25, -0.2) is 9.97 Å². The molecular weight excluding hydrogens is 264 g/mol. The fraction of sp³-hybridized carbons (Fsp3) is 0.375. The molecule has 1 aromatic carbocycles. The lowest BCUT2D eigenvalue weighted by Gasteiger charge is -2.24. The molecule has 21 heavy (non-hydrogen) atoms. The van der Waals surface area contributed by atoms with Crippen LogP contribution < -0.4 is 11.1 Å². The monoisotopic (exact) mass is 286 g/mol. The molecular formula is C16H22N4O. The predicted octanol–water partition coefficient (Wildman–Crippen LogP) is 2.55. The first-order valence-corrected chi connectivity index (χ1v) is 7.05. The van der Waals surface area contributed by atoms with E-state index in [0.717, 1.165) is 12.0 Å². The van der Waals surface area contributed by atoms with Crippen LogP contribution in [0.15, 0.2) is 36.4 Å². The van der Waals surface area contributed by atoms with Crippen molar-refractivity contribution in [1.29, 1.82) is 0 Å². The number of benzene rings is 1. The summed E-state index contributed by atoms with van der Waals surface area (Å²) in [6, 6.07) is 11.5. The second kappa shape index (κ2) is 6.54. The van der Waals surface area contributed by atoms with Crippen molar-refractivity contribution in [1.82, 2.24) is 9.97 Å². The zero-order valence-corrected chi connectivity index (χ0v) is 12.5. The van der Waals surface area contributed by atoms with Gasteiger partial charge in [-0.1, -0.05) is 44.2 Å². The summed E-state index contributed by atoms with van der Waals surface area (Å²) in [6.07, 6.45) is 0.728. The van der Waals surface area contributed by atoms with Crippen LogP contribution in [-0.4, -0.2) is 28.2 Å². The molecule has 1 aromatic heterocycles. The third kappa shape index (κ3) is 4.43. The topological polar surface area (TPSA) is 84.1 Å². The van der Waals surface area contributed by atoms with Crippen molar-refractivity contribution in [2.75, 3.05) is 24.2 Å². The van der Waals surface area contributed by atoms with Gasteiger partial charge in [-0.2, -0.15) is 0 Å². The number of nitrogens with one attached hydrogen (secondary N) is 1. The molecule has 0 aliphatic heterocycles. The van der Waals surface area contributed by atoms with Crippen molar-refractivity contribution in [2.45, 2.75) is 20.3 Å². The van der Waals surface area contributed by atoms with Crippen LogP contribution in [0.3, 0.4) is 0 Å². The Labute approximate surface area is 125 Å². The molecule has 0 unspecified atom stereocenters. The van der Waals surface area contributed by atoms with Gasteiger partial charge in [0, 0.05) is 24.8 Å². The highest BCUT2D eigenvalue weighted by Gasteiger charge is 2.17. The third-order valence-electron chi connectivity index (χ3n) is 3.31. The molecule has 112 valence electrons. The van der Waals surface area contributed by atoms with Crippen LogP contribution in [0.5, 0.6) is 0 Å². The van der Waals surface area contributed by atoms with Gasteiger partial charge < -0.3 is 16.2 Å². The van der Waals surface area contributed by atoms with Crippen molar-refractivity contribution in [3.63, 3.8) is 0 Å². The van der Waals surface area contributed by atoms with Gasteiger partial charge >= 0.3 is 0 Å². The van der Waals surface area contributed by atoms with Crippen molar-refractivity contribution in [3.8, 4) is 11.4 Å². The van der Waals surface area contributed by atoms with Crippen LogP contribution in [0.1, 0.15) is 20.3 Å². The molecule has 0 atom stereocenters. The summed E-state index contributed by atoms with van der Waals surface area (Å²) in [7, 11) is 0. The summed E-state index contributed by atoms with van der Waals surface area (Å²) < 4.78 is 0. The normalized spacial score (nSPS) is 11.4. The van der Waals surface area contributed by atoms with E-state index in [2.05, 4.69) is 29.1 Å². The second-order valence-corrected chi connectivity index (χ2v) is 5.86. The molecule has 0 aliphatic carbocycles. The van der Waals surface area contributed by atoms with Gasteiger partial charge in [-0.3, -0.25) is 0 Å². The molecule has 4 N–H and O–H groups in total. The molecule has 0 fully saturated rings. The second-order valence-electron chi connectivity index (χ2n) is 5.86. The minimum atomic E-state index is -0.0125. The summed E-state index contributed by atoms with van der Waals surface area (Å²) in [5.41, 5.74) is 6.78. The van der Waals surface area contributed by atoms with Crippen LogP contribution in [0, 0.1) is 5.41 Å². The van der Waals surface area contributed by atoms with E-state index in [1.807, 2.05) is 30.3 Å². The highest BCUT2D eigenvalue weighted by Crippen LogP contribution is 2.22. The number of anilines is 2. The molecule has 0 spiro atoms. The molecule has 5 heteroatoms. The van der Waals surface area contributed by atoms with Crippen LogP contribution in [0.4, 0.5) is 11.6 Å². The molecule has 2 rings (SSSR count). The van der Waals surface area contributed by atoms with Crippen LogP contribution >= 0.6 is 0 Å². The minimum absolute atomic E-state index is 0.0125. The van der Waals surface area contributed by atoms with Crippen molar-refractivity contribution in [3.05, 3.63) is 36.4 Å². The Morgan fingerprint density at radius 1 is 1.19 bits per heavy atom. The maximum atomic E-state index is 9.06. The maximum absolute atomic E-state index is 9.06. The van der Waals surface area contributed by atoms with E-state index in [1.54, 1.807) is 6.07 Å². The summed E-state index contributed by atoms with van der Waals surface area (Å²) in [4.78, 5) is 8.77. The number of nitrogen functional groups attached to an aromatic ring is 1. The standard InChI is InChI=1S/C16H22N4O/c1-16(2,8-9-21)11-18-14-10-13(17)19-15(20-14)12-6-4-3-5-7-12/h3-7,10,21H,8-9,11H2,1-2H3,(H3,17,18,19,20). The largest absolute Gasteiger partial charge is 0.396 e. The number of hydrogen-bond donors (Lipinski definition) is 3. The zero-order valence-electron chi connectivity index (χ0n) is 12.5. The molecule has 2 aromatic rings. The van der Waals surface area contributed by atoms with Gasteiger partial charge in [0.1, 0.15) is 11.6 Å². The van der Waals surface area contributed by atoms with E-state index in [-0.39, 0.29) is 12.0 Å². The van der Waals surface area contributed by atoms with E-state index >= 15 is 0 Å². The van der Waals surface area contributed by atoms with Gasteiger partial charge in [-0.15, -0.1) is 0 Å². The lowest BCUT2D eigenvalue weighted by atomic mass is 9.90. The van der Waals surface area contributed by atoms with E-state index in [4.69, 9.17) is 10.8 Å². The SMILES string of the molecule is CC(C)(CCO)CNc1cc(N)nc(-c2ccccc2)n1. The fourth-order valence-electron chi connectivity index (χ4n) is 1.99. The highest BCUT2D eigenvalue weighted by molar-refractivity contribution is 5.60. The van der Waals surface area contributed by atoms with Gasteiger partial charge in [0.05, 0.1) is 0 Å². The Balaban J connectivity index is 2.16. The lowest BCUT2D eigenvalue weighted by molar-refractivity contribution is 0.220. The van der Waals surface area contributed by atoms with Gasteiger partial charge in [0.15, 0.2) is 5.82 Å². The van der Waals surface area contributed by atoms with Crippen molar-refractivity contribution < 1.29 is 5.11 Å². The van der Waals surface area contributed by atoms with E-state index in [0.29, 0.717) is 24.0 Å². The zero-order chi connectivity index (χ0) is 15.3. The number of nitrogens with two attached hydrogens (primary N) is 1. The summed E-state index contributed by atoms with van der Waals surface area (Å²) in [6.45, 7) is 5.08. The molecule has 1 heterocycles. The molecule has 5 nitrogen and oxygen atoms in total. The first kappa shape index (κ1) is 15.3. The Hall–Kier alpha value is -2.14. The summed E-state index contributed by atoms with van der Waals surface area (Å²) >= 11 is 0. The molecule has 0 saturated carbocycles. The molecule has 0 bridgehead atoms. The Morgan fingerprint density at radius 2 is 1.90 bits per heavy atom. The Kier molecular flexibility index (Phi) is 4.75. The first-order chi connectivity index (χ1) is 10.00. The van der Waals surface area contributed by atoms with E-state index in [9.17, 15) is 0 Å². The lowest BCUT2D eigenvalue weighted by Crippen LogP contribution is -2.24. The van der Waals surface area contributed by atoms with Gasteiger partial charge in [-0.05, 0) is 11.8 Å². The summed E-state index contributed by atoms with van der Waals surface area (Å²) in [5, 5.41) is 12.3. The van der Waals surface area contributed by atoms with Crippen LogP contribution in [0.2, 0.25) is 0 Å². The molecule has 0 aliphatic rings. The van der Waals surface area contributed by atoms with Gasteiger partial charge in [0.2, 0.25) is 0 Å². The van der Waals surface area contributed by atoms with Gasteiger partial charge in [0.25, 0.3) is 0 Å². The predicted molar refractivity (Wildman–Crippen MR) is 85.9 cm³/mol. The minimum Gasteiger partial charge on any atom is -0.396 e. The third-order valence-corrected chi connectivity index (χ3v) is 3.31. The number of aromatic nitrogens is 2. The van der Waals surface area contributed by atoms with Crippen molar-refractivity contribution >= 4 is 11.6 Å². The number of aliphatic hydroxyl groups excluding tert-OH is 1. The summed E-state index contributed by atoms with van der Waals surface area (Å²) in [5.74, 6) is 1.75.